The molecule has 0 spiro atoms. The van der Waals surface area contributed by atoms with E-state index < -0.39 is 64.4 Å². The minimum Gasteiger partial charge on any atom is -0.462 e. The molecule has 0 aromatic heterocycles. The molecule has 2 N–H and O–H groups in total. The minimum atomic E-state index is -4.79. The number of unbranched alkanes of at least 4 members (excludes halogenated alkanes) is 12. The van der Waals surface area contributed by atoms with Gasteiger partial charge in [-0.2, -0.15) is 0 Å². The van der Waals surface area contributed by atoms with E-state index in [1.807, 2.05) is 18.2 Å². The number of allylic oxidation sites excluding steroid dienone is 21. The van der Waals surface area contributed by atoms with Crippen LogP contribution in [-0.2, 0) is 42.2 Å². The largest absolute Gasteiger partial charge is 0.472 e. The molecule has 0 saturated heterocycles. The number of phosphoric ester groups is 1. The number of rotatable bonds is 50. The van der Waals surface area contributed by atoms with Crippen molar-refractivity contribution >= 4 is 25.7 Å². The molecule has 0 amide bonds. The molecule has 0 aliphatic heterocycles. The molecule has 0 aromatic rings. The Hall–Kier alpha value is -4.38. The summed E-state index contributed by atoms with van der Waals surface area (Å²) in [5.41, 5.74) is 0. The standard InChI is InChI=1S/C62H99O11P/c1-4-7-10-13-16-19-22-25-27-28-29-30-32-34-36-39-42-45-48-51-60(64)69-55-59(73-62(66)53-50-47-44-41-38-35-31-26-23-20-17-14-11-8-5-2)57-71-74(67,68)70-56-58(54-63)72-61(65)52-49-46-43-40-37-33-24-21-18-15-12-9-6-3/h7-8,10-12,15-17,19-21,24-27,29-31,38,41,47,50,58-59,63H,4-6,9,13-14,18,22-23,28,32-37,39-40,42-46,48-49,51-57H2,1-3H3,(H,67,68)/b10-7-,11-8-,15-12-,19-16-,20-17-,24-21-,27-25-,30-29-,31-26-,41-38-,50-47-. The van der Waals surface area contributed by atoms with Gasteiger partial charge in [-0.05, 0) is 109 Å². The Kier molecular flexibility index (Phi) is 51.6. The summed E-state index contributed by atoms with van der Waals surface area (Å²) >= 11 is 0. The van der Waals surface area contributed by atoms with Crippen molar-refractivity contribution in [1.82, 2.24) is 0 Å². The first kappa shape index (κ1) is 69.6. The second-order valence-electron chi connectivity index (χ2n) is 18.0. The van der Waals surface area contributed by atoms with Crippen molar-refractivity contribution in [2.24, 2.45) is 0 Å². The van der Waals surface area contributed by atoms with E-state index in [4.69, 9.17) is 23.3 Å². The van der Waals surface area contributed by atoms with Crippen molar-refractivity contribution < 1.29 is 52.2 Å². The summed E-state index contributed by atoms with van der Waals surface area (Å²) in [4.78, 5) is 48.4. The number of carbonyl (C=O) groups is 3. The SMILES string of the molecule is CC/C=C\C/C=C\C/C=C\C/C=C\C/C=C\CC(=O)OC(COC(=O)CCCCCCCC/C=C\C/C=C\C/C=C\C/C=C\CC)COP(=O)(O)OCC(CO)OC(=O)CCCCCCC/C=C\C/C=C\CCC. The fourth-order valence-corrected chi connectivity index (χ4v) is 7.65. The molecule has 11 nitrogen and oxygen atoms in total. The average Bonchev–Trinajstić information content (AvgIpc) is 3.39. The second-order valence-corrected chi connectivity index (χ2v) is 19.4. The van der Waals surface area contributed by atoms with E-state index in [-0.39, 0.29) is 19.3 Å². The lowest BCUT2D eigenvalue weighted by Gasteiger charge is -2.21. The molecule has 3 unspecified atom stereocenters. The summed E-state index contributed by atoms with van der Waals surface area (Å²) in [5.74, 6) is -1.67. The lowest BCUT2D eigenvalue weighted by atomic mass is 10.1. The maximum atomic E-state index is 12.9. The summed E-state index contributed by atoms with van der Waals surface area (Å²) in [6, 6.07) is 0. The van der Waals surface area contributed by atoms with E-state index in [0.717, 1.165) is 141 Å². The van der Waals surface area contributed by atoms with Crippen LogP contribution in [-0.4, -0.2) is 66.5 Å². The van der Waals surface area contributed by atoms with E-state index in [9.17, 15) is 28.9 Å². The summed E-state index contributed by atoms with van der Waals surface area (Å²) in [6.45, 7) is 4.18. The molecular formula is C62H99O11P. The van der Waals surface area contributed by atoms with Gasteiger partial charge in [0, 0.05) is 12.8 Å². The van der Waals surface area contributed by atoms with Crippen LogP contribution in [0.2, 0.25) is 0 Å². The Morgan fingerprint density at radius 2 is 0.757 bits per heavy atom. The fraction of sp³-hybridized carbons (Fsp3) is 0.597. The molecule has 0 radical (unpaired) electrons. The number of phosphoric acid groups is 1. The number of aliphatic hydroxyl groups excluding tert-OH is 1. The molecular weight excluding hydrogens is 952 g/mol. The number of carbonyl (C=O) groups excluding carboxylic acids is 3. The van der Waals surface area contributed by atoms with Gasteiger partial charge in [0.05, 0.1) is 26.2 Å². The molecule has 0 aromatic carbocycles. The van der Waals surface area contributed by atoms with Crippen LogP contribution in [0.3, 0.4) is 0 Å². The van der Waals surface area contributed by atoms with Crippen molar-refractivity contribution in [2.75, 3.05) is 26.4 Å². The first-order valence-electron chi connectivity index (χ1n) is 28.1. The van der Waals surface area contributed by atoms with Crippen LogP contribution in [0, 0.1) is 0 Å². The van der Waals surface area contributed by atoms with Gasteiger partial charge in [-0.25, -0.2) is 4.57 Å². The summed E-state index contributed by atoms with van der Waals surface area (Å²) in [7, 11) is -4.79. The van der Waals surface area contributed by atoms with Gasteiger partial charge in [0.15, 0.2) is 6.10 Å². The quantitative estimate of drug-likeness (QED) is 0.0197. The van der Waals surface area contributed by atoms with Gasteiger partial charge in [-0.1, -0.05) is 206 Å². The maximum Gasteiger partial charge on any atom is 0.472 e. The van der Waals surface area contributed by atoms with E-state index in [1.165, 1.54) is 0 Å². The van der Waals surface area contributed by atoms with Gasteiger partial charge < -0.3 is 24.2 Å². The maximum absolute atomic E-state index is 12.9. The van der Waals surface area contributed by atoms with Crippen molar-refractivity contribution in [1.29, 1.82) is 0 Å². The predicted octanol–water partition coefficient (Wildman–Crippen LogP) is 16.6. The van der Waals surface area contributed by atoms with Crippen molar-refractivity contribution in [3.63, 3.8) is 0 Å². The number of esters is 3. The van der Waals surface area contributed by atoms with Crippen molar-refractivity contribution in [3.05, 3.63) is 134 Å². The fourth-order valence-electron chi connectivity index (χ4n) is 6.87. The zero-order valence-corrected chi connectivity index (χ0v) is 46.9. The van der Waals surface area contributed by atoms with Crippen LogP contribution in [0.15, 0.2) is 134 Å². The molecule has 0 heterocycles. The smallest absolute Gasteiger partial charge is 0.462 e. The van der Waals surface area contributed by atoms with Crippen molar-refractivity contribution in [2.45, 2.75) is 213 Å². The molecule has 0 fully saturated rings. The van der Waals surface area contributed by atoms with Crippen LogP contribution < -0.4 is 0 Å². The molecule has 0 aliphatic carbocycles. The number of aliphatic hydroxyl groups is 1. The Balaban J connectivity index is 4.88. The van der Waals surface area contributed by atoms with E-state index in [2.05, 4.69) is 130 Å². The lowest BCUT2D eigenvalue weighted by Crippen LogP contribution is -2.30. The van der Waals surface area contributed by atoms with Crippen LogP contribution in [0.25, 0.3) is 0 Å². The first-order valence-corrected chi connectivity index (χ1v) is 29.6. The third-order valence-corrected chi connectivity index (χ3v) is 12.0. The molecule has 0 bridgehead atoms. The normalized spacial score (nSPS) is 14.4. The average molecular weight is 1050 g/mol. The van der Waals surface area contributed by atoms with E-state index >= 15 is 0 Å². The van der Waals surface area contributed by atoms with Crippen molar-refractivity contribution in [3.8, 4) is 0 Å². The molecule has 74 heavy (non-hydrogen) atoms. The monoisotopic (exact) mass is 1050 g/mol. The second kappa shape index (κ2) is 54.9. The van der Waals surface area contributed by atoms with Gasteiger partial charge in [0.25, 0.3) is 0 Å². The third kappa shape index (κ3) is 52.5. The van der Waals surface area contributed by atoms with Gasteiger partial charge in [-0.15, -0.1) is 0 Å². The van der Waals surface area contributed by atoms with Gasteiger partial charge >= 0.3 is 25.7 Å². The summed E-state index contributed by atoms with van der Waals surface area (Å²) in [6.07, 6.45) is 68.7. The third-order valence-electron chi connectivity index (χ3n) is 11.1. The highest BCUT2D eigenvalue weighted by Crippen LogP contribution is 2.43. The Labute approximate surface area is 449 Å². The molecule has 3 atom stereocenters. The highest BCUT2D eigenvalue weighted by atomic mass is 31.2. The summed E-state index contributed by atoms with van der Waals surface area (Å²) < 4.78 is 39.3. The zero-order valence-electron chi connectivity index (χ0n) is 46.0. The highest BCUT2D eigenvalue weighted by Gasteiger charge is 2.28. The summed E-state index contributed by atoms with van der Waals surface area (Å²) in [5, 5.41) is 9.80. The molecule has 418 valence electrons. The van der Waals surface area contributed by atoms with Crippen LogP contribution in [0.1, 0.15) is 201 Å². The first-order chi connectivity index (χ1) is 36.2. The topological polar surface area (TPSA) is 155 Å². The zero-order chi connectivity index (χ0) is 54.1. The molecule has 12 heteroatoms. The Morgan fingerprint density at radius 1 is 0.405 bits per heavy atom. The molecule has 0 aliphatic rings. The Morgan fingerprint density at radius 3 is 1.19 bits per heavy atom. The number of hydrogen-bond acceptors (Lipinski definition) is 10. The van der Waals surface area contributed by atoms with Crippen LogP contribution in [0.5, 0.6) is 0 Å². The van der Waals surface area contributed by atoms with Gasteiger partial charge in [-0.3, -0.25) is 23.4 Å². The van der Waals surface area contributed by atoms with E-state index in [0.29, 0.717) is 19.3 Å². The minimum absolute atomic E-state index is 0.0761. The Bertz CT molecular complexity index is 1750. The predicted molar refractivity (Wildman–Crippen MR) is 306 cm³/mol. The molecule has 0 rings (SSSR count). The highest BCUT2D eigenvalue weighted by molar-refractivity contribution is 7.47. The molecule has 0 saturated carbocycles. The number of ether oxygens (including phenoxy) is 3. The van der Waals surface area contributed by atoms with Gasteiger partial charge in [0.2, 0.25) is 0 Å². The number of hydrogen-bond donors (Lipinski definition) is 2. The van der Waals surface area contributed by atoms with Crippen LogP contribution in [0.4, 0.5) is 0 Å². The van der Waals surface area contributed by atoms with Gasteiger partial charge in [0.1, 0.15) is 12.7 Å². The van der Waals surface area contributed by atoms with E-state index in [1.54, 1.807) is 6.08 Å². The lowest BCUT2D eigenvalue weighted by molar-refractivity contribution is -0.160. The van der Waals surface area contributed by atoms with Crippen LogP contribution >= 0.6 is 7.82 Å².